The molecule has 0 radical (unpaired) electrons. The second-order valence-corrected chi connectivity index (χ2v) is 6.81. The van der Waals surface area contributed by atoms with Crippen LogP contribution in [0.15, 0.2) is 22.7 Å². The molecule has 0 spiro atoms. The zero-order valence-corrected chi connectivity index (χ0v) is 14.0. The molecule has 0 saturated carbocycles. The molecule has 20 heavy (non-hydrogen) atoms. The van der Waals surface area contributed by atoms with E-state index in [4.69, 9.17) is 11.6 Å². The van der Waals surface area contributed by atoms with Crippen LogP contribution >= 0.6 is 27.5 Å². The van der Waals surface area contributed by atoms with Crippen LogP contribution in [0.4, 0.5) is 4.39 Å². The second kappa shape index (κ2) is 6.41. The molecule has 1 atom stereocenters. The lowest BCUT2D eigenvalue weighted by Crippen LogP contribution is -2.48. The first-order valence-corrected chi connectivity index (χ1v) is 7.45. The number of carbonyl (C=O) groups is 1. The highest BCUT2D eigenvalue weighted by molar-refractivity contribution is 9.10. The van der Waals surface area contributed by atoms with Crippen molar-refractivity contribution in [1.82, 2.24) is 5.32 Å². The average molecular weight is 367 g/mol. The van der Waals surface area contributed by atoms with Gasteiger partial charge in [0, 0.05) is 16.5 Å². The predicted molar refractivity (Wildman–Crippen MR) is 81.2 cm³/mol. The highest BCUT2D eigenvalue weighted by Crippen LogP contribution is 2.33. The SMILES string of the molecule is CC(C)(O)CC(C)(NC(=O)CCl)c1cc(Br)ccc1F. The molecule has 0 bridgehead atoms. The van der Waals surface area contributed by atoms with Gasteiger partial charge in [-0.15, -0.1) is 11.6 Å². The molecule has 0 heterocycles. The standard InChI is InChI=1S/C14H18BrClFNO2/c1-13(2,20)8-14(3,18-12(19)7-16)10-6-9(15)4-5-11(10)17/h4-6,20H,7-8H2,1-3H3,(H,18,19). The third-order valence-corrected chi connectivity index (χ3v) is 3.58. The molecule has 1 aromatic rings. The van der Waals surface area contributed by atoms with E-state index in [0.29, 0.717) is 10.0 Å². The first-order chi connectivity index (χ1) is 9.07. The van der Waals surface area contributed by atoms with Crippen LogP contribution in [-0.2, 0) is 10.3 Å². The molecule has 1 rings (SSSR count). The van der Waals surface area contributed by atoms with Crippen LogP contribution in [0.2, 0.25) is 0 Å². The molecule has 112 valence electrons. The van der Waals surface area contributed by atoms with E-state index in [-0.39, 0.29) is 12.3 Å². The van der Waals surface area contributed by atoms with Gasteiger partial charge in [-0.05, 0) is 39.0 Å². The van der Waals surface area contributed by atoms with Crippen LogP contribution in [0.5, 0.6) is 0 Å². The number of carbonyl (C=O) groups excluding carboxylic acids is 1. The minimum Gasteiger partial charge on any atom is -0.390 e. The molecule has 1 aromatic carbocycles. The normalized spacial score (nSPS) is 14.8. The fraction of sp³-hybridized carbons (Fsp3) is 0.500. The molecule has 2 N–H and O–H groups in total. The third-order valence-electron chi connectivity index (χ3n) is 2.85. The van der Waals surface area contributed by atoms with Crippen LogP contribution in [0.3, 0.4) is 0 Å². The summed E-state index contributed by atoms with van der Waals surface area (Å²) >= 11 is 8.79. The summed E-state index contributed by atoms with van der Waals surface area (Å²) in [5, 5.41) is 12.7. The van der Waals surface area contributed by atoms with Crippen molar-refractivity contribution in [3.05, 3.63) is 34.1 Å². The van der Waals surface area contributed by atoms with Gasteiger partial charge >= 0.3 is 0 Å². The smallest absolute Gasteiger partial charge is 0.235 e. The van der Waals surface area contributed by atoms with Crippen molar-refractivity contribution in [2.45, 2.75) is 38.3 Å². The van der Waals surface area contributed by atoms with Gasteiger partial charge in [-0.25, -0.2) is 4.39 Å². The van der Waals surface area contributed by atoms with Gasteiger partial charge in [-0.3, -0.25) is 4.79 Å². The van der Waals surface area contributed by atoms with Gasteiger partial charge in [0.2, 0.25) is 5.91 Å². The Hall–Kier alpha value is -0.650. The third kappa shape index (κ3) is 4.72. The molecule has 0 aliphatic rings. The number of rotatable bonds is 5. The second-order valence-electron chi connectivity index (χ2n) is 5.63. The van der Waals surface area contributed by atoms with Crippen molar-refractivity contribution in [3.8, 4) is 0 Å². The number of aliphatic hydroxyl groups is 1. The van der Waals surface area contributed by atoms with Crippen molar-refractivity contribution in [1.29, 1.82) is 0 Å². The van der Waals surface area contributed by atoms with Crippen molar-refractivity contribution in [2.24, 2.45) is 0 Å². The number of benzene rings is 1. The van der Waals surface area contributed by atoms with Gasteiger partial charge in [0.05, 0.1) is 11.1 Å². The van der Waals surface area contributed by atoms with Gasteiger partial charge in [-0.2, -0.15) is 0 Å². The van der Waals surface area contributed by atoms with E-state index in [1.165, 1.54) is 6.07 Å². The van der Waals surface area contributed by atoms with Crippen LogP contribution < -0.4 is 5.32 Å². The van der Waals surface area contributed by atoms with E-state index in [1.54, 1.807) is 32.9 Å². The summed E-state index contributed by atoms with van der Waals surface area (Å²) in [6, 6.07) is 4.48. The minimum absolute atomic E-state index is 0.149. The zero-order chi connectivity index (χ0) is 15.6. The van der Waals surface area contributed by atoms with Gasteiger partial charge in [0.1, 0.15) is 11.7 Å². The number of nitrogens with one attached hydrogen (secondary N) is 1. The molecule has 0 aromatic heterocycles. The van der Waals surface area contributed by atoms with Crippen molar-refractivity contribution in [3.63, 3.8) is 0 Å². The largest absolute Gasteiger partial charge is 0.390 e. The maximum absolute atomic E-state index is 14.1. The summed E-state index contributed by atoms with van der Waals surface area (Å²) in [6.07, 6.45) is 0.149. The van der Waals surface area contributed by atoms with E-state index in [0.717, 1.165) is 0 Å². The van der Waals surface area contributed by atoms with Crippen LogP contribution in [0, 0.1) is 5.82 Å². The van der Waals surface area contributed by atoms with Crippen LogP contribution in [0.1, 0.15) is 32.8 Å². The Bertz CT molecular complexity index is 504. The number of hydrogen-bond donors (Lipinski definition) is 2. The van der Waals surface area contributed by atoms with E-state index >= 15 is 0 Å². The van der Waals surface area contributed by atoms with E-state index in [2.05, 4.69) is 21.2 Å². The van der Waals surface area contributed by atoms with Crippen LogP contribution in [0.25, 0.3) is 0 Å². The summed E-state index contributed by atoms with van der Waals surface area (Å²) in [7, 11) is 0. The van der Waals surface area contributed by atoms with Gasteiger partial charge in [0.25, 0.3) is 0 Å². The summed E-state index contributed by atoms with van der Waals surface area (Å²) in [5.41, 5.74) is -1.84. The maximum Gasteiger partial charge on any atom is 0.235 e. The highest BCUT2D eigenvalue weighted by Gasteiger charge is 2.36. The van der Waals surface area contributed by atoms with Gasteiger partial charge in [-0.1, -0.05) is 15.9 Å². The molecule has 0 fully saturated rings. The topological polar surface area (TPSA) is 49.3 Å². The molecule has 6 heteroatoms. The minimum atomic E-state index is -1.08. The fourth-order valence-corrected chi connectivity index (χ4v) is 2.76. The summed E-state index contributed by atoms with van der Waals surface area (Å²) in [6.45, 7) is 4.88. The fourth-order valence-electron chi connectivity index (χ4n) is 2.33. The quantitative estimate of drug-likeness (QED) is 0.785. The van der Waals surface area contributed by atoms with Crippen LogP contribution in [-0.4, -0.2) is 22.5 Å². The van der Waals surface area contributed by atoms with Crippen molar-refractivity contribution in [2.75, 3.05) is 5.88 Å². The summed E-state index contributed by atoms with van der Waals surface area (Å²) < 4.78 is 14.8. The lowest BCUT2D eigenvalue weighted by Gasteiger charge is -2.36. The lowest BCUT2D eigenvalue weighted by molar-refractivity contribution is -0.121. The summed E-state index contributed by atoms with van der Waals surface area (Å²) in [5.74, 6) is -1.09. The number of alkyl halides is 1. The molecular weight excluding hydrogens is 349 g/mol. The monoisotopic (exact) mass is 365 g/mol. The summed E-state index contributed by atoms with van der Waals surface area (Å²) in [4.78, 5) is 11.6. The van der Waals surface area contributed by atoms with Gasteiger partial charge < -0.3 is 10.4 Å². The van der Waals surface area contributed by atoms with Crippen molar-refractivity contribution >= 4 is 33.4 Å². The number of halogens is 3. The van der Waals surface area contributed by atoms with E-state index in [9.17, 15) is 14.3 Å². The number of amides is 1. The lowest BCUT2D eigenvalue weighted by atomic mass is 9.81. The first-order valence-electron chi connectivity index (χ1n) is 6.12. The Morgan fingerprint density at radius 2 is 2.05 bits per heavy atom. The van der Waals surface area contributed by atoms with Gasteiger partial charge in [0.15, 0.2) is 0 Å². The van der Waals surface area contributed by atoms with Crippen molar-refractivity contribution < 1.29 is 14.3 Å². The first kappa shape index (κ1) is 17.4. The Balaban J connectivity index is 3.28. The average Bonchev–Trinajstić information content (AvgIpc) is 2.29. The van der Waals surface area contributed by atoms with E-state index < -0.39 is 22.9 Å². The molecule has 0 aliphatic heterocycles. The Kier molecular flexibility index (Phi) is 5.58. The molecule has 3 nitrogen and oxygen atoms in total. The Labute approximate surface area is 131 Å². The molecule has 1 amide bonds. The Morgan fingerprint density at radius 3 is 2.55 bits per heavy atom. The molecule has 0 aliphatic carbocycles. The zero-order valence-electron chi connectivity index (χ0n) is 11.6. The number of hydrogen-bond acceptors (Lipinski definition) is 2. The van der Waals surface area contributed by atoms with E-state index in [1.807, 2.05) is 0 Å². The predicted octanol–water partition coefficient (Wildman–Crippen LogP) is 3.32. The maximum atomic E-state index is 14.1. The highest BCUT2D eigenvalue weighted by atomic mass is 79.9. The molecule has 0 saturated heterocycles. The molecule has 1 unspecified atom stereocenters. The molecular formula is C14H18BrClFNO2. The Morgan fingerprint density at radius 1 is 1.45 bits per heavy atom.